The molecule has 1 atom stereocenters. The Bertz CT molecular complexity index is 433. The molecule has 2 rings (SSSR count). The third kappa shape index (κ3) is 2.46. The van der Waals surface area contributed by atoms with E-state index in [-0.39, 0.29) is 5.91 Å². The summed E-state index contributed by atoms with van der Waals surface area (Å²) in [7, 11) is 1.59. The molecule has 3 nitrogen and oxygen atoms in total. The van der Waals surface area contributed by atoms with Crippen LogP contribution in [-0.2, 0) is 0 Å². The number of nitrogens with zero attached hydrogens (tertiary/aromatic N) is 1. The zero-order chi connectivity index (χ0) is 12.4. The molecule has 4 heteroatoms. The Morgan fingerprint density at radius 3 is 2.88 bits per heavy atom. The van der Waals surface area contributed by atoms with E-state index in [4.69, 9.17) is 4.74 Å². The molecule has 17 heavy (non-hydrogen) atoms. The maximum atomic E-state index is 12.4. The number of methoxy groups -OCH3 is 1. The van der Waals surface area contributed by atoms with Gasteiger partial charge in [-0.25, -0.2) is 0 Å². The highest BCUT2D eigenvalue weighted by Gasteiger charge is 2.27. The minimum Gasteiger partial charge on any atom is -0.496 e. The first-order valence-electron chi connectivity index (χ1n) is 5.78. The van der Waals surface area contributed by atoms with Crippen molar-refractivity contribution >= 4 is 21.8 Å². The van der Waals surface area contributed by atoms with E-state index in [2.05, 4.69) is 22.9 Å². The third-order valence-corrected chi connectivity index (χ3v) is 3.70. The van der Waals surface area contributed by atoms with E-state index in [9.17, 15) is 4.79 Å². The van der Waals surface area contributed by atoms with Crippen molar-refractivity contribution < 1.29 is 9.53 Å². The second kappa shape index (κ2) is 5.08. The molecule has 1 unspecified atom stereocenters. The van der Waals surface area contributed by atoms with E-state index in [1.807, 2.05) is 23.1 Å². The summed E-state index contributed by atoms with van der Waals surface area (Å²) in [5.41, 5.74) is 0.643. The van der Waals surface area contributed by atoms with Crippen molar-refractivity contribution in [3.63, 3.8) is 0 Å². The summed E-state index contributed by atoms with van der Waals surface area (Å²) in [6, 6.07) is 5.84. The van der Waals surface area contributed by atoms with Gasteiger partial charge in [0.15, 0.2) is 0 Å². The second-order valence-electron chi connectivity index (χ2n) is 4.33. The fourth-order valence-corrected chi connectivity index (χ4v) is 2.57. The molecule has 1 heterocycles. The summed E-state index contributed by atoms with van der Waals surface area (Å²) < 4.78 is 6.18. The second-order valence-corrected chi connectivity index (χ2v) is 5.25. The molecule has 1 aliphatic rings. The van der Waals surface area contributed by atoms with Crippen LogP contribution in [0.1, 0.15) is 30.1 Å². The minimum atomic E-state index is 0.0688. The van der Waals surface area contributed by atoms with Gasteiger partial charge < -0.3 is 9.64 Å². The van der Waals surface area contributed by atoms with Crippen LogP contribution in [0, 0.1) is 0 Å². The molecule has 1 aliphatic heterocycles. The number of benzene rings is 1. The first-order chi connectivity index (χ1) is 8.13. The smallest absolute Gasteiger partial charge is 0.257 e. The van der Waals surface area contributed by atoms with Gasteiger partial charge in [0.25, 0.3) is 5.91 Å². The number of likely N-dealkylation sites (tertiary alicyclic amines) is 1. The molecule has 92 valence electrons. The van der Waals surface area contributed by atoms with Crippen LogP contribution in [0.15, 0.2) is 22.7 Å². The van der Waals surface area contributed by atoms with Crippen molar-refractivity contribution in [2.75, 3.05) is 13.7 Å². The SMILES string of the molecule is COc1cc(Br)ccc1C(=O)N1CCCC1C. The van der Waals surface area contributed by atoms with Crippen LogP contribution in [0.4, 0.5) is 0 Å². The first kappa shape index (κ1) is 12.4. The van der Waals surface area contributed by atoms with Gasteiger partial charge >= 0.3 is 0 Å². The molecule has 1 aromatic carbocycles. The molecule has 1 saturated heterocycles. The van der Waals surface area contributed by atoms with Crippen LogP contribution in [-0.4, -0.2) is 30.5 Å². The van der Waals surface area contributed by atoms with Crippen LogP contribution in [0.5, 0.6) is 5.75 Å². The Kier molecular flexibility index (Phi) is 3.72. The average Bonchev–Trinajstić information content (AvgIpc) is 2.74. The highest BCUT2D eigenvalue weighted by atomic mass is 79.9. The monoisotopic (exact) mass is 297 g/mol. The molecule has 0 N–H and O–H groups in total. The van der Waals surface area contributed by atoms with E-state index in [1.165, 1.54) is 0 Å². The molecule has 0 radical (unpaired) electrons. The van der Waals surface area contributed by atoms with Gasteiger partial charge in [-0.15, -0.1) is 0 Å². The molecule has 1 fully saturated rings. The van der Waals surface area contributed by atoms with Crippen molar-refractivity contribution in [2.45, 2.75) is 25.8 Å². The lowest BCUT2D eigenvalue weighted by molar-refractivity contribution is 0.0744. The van der Waals surface area contributed by atoms with E-state index in [0.717, 1.165) is 23.9 Å². The molecule has 0 aromatic heterocycles. The Balaban J connectivity index is 2.30. The highest BCUT2D eigenvalue weighted by molar-refractivity contribution is 9.10. The van der Waals surface area contributed by atoms with Crippen LogP contribution < -0.4 is 4.74 Å². The van der Waals surface area contributed by atoms with Gasteiger partial charge in [-0.3, -0.25) is 4.79 Å². The lowest BCUT2D eigenvalue weighted by Gasteiger charge is -2.22. The fourth-order valence-electron chi connectivity index (χ4n) is 2.23. The van der Waals surface area contributed by atoms with Crippen molar-refractivity contribution in [1.82, 2.24) is 4.90 Å². The number of rotatable bonds is 2. The normalized spacial score (nSPS) is 19.5. The summed E-state index contributed by atoms with van der Waals surface area (Å²) in [6.45, 7) is 2.94. The number of ether oxygens (including phenoxy) is 1. The Morgan fingerprint density at radius 2 is 2.29 bits per heavy atom. The average molecular weight is 298 g/mol. The van der Waals surface area contributed by atoms with Gasteiger partial charge in [-0.05, 0) is 38.0 Å². The number of carbonyl (C=O) groups excluding carboxylic acids is 1. The van der Waals surface area contributed by atoms with E-state index < -0.39 is 0 Å². The van der Waals surface area contributed by atoms with Crippen molar-refractivity contribution in [3.8, 4) is 5.75 Å². The number of halogens is 1. The molecule has 1 aromatic rings. The highest BCUT2D eigenvalue weighted by Crippen LogP contribution is 2.27. The van der Waals surface area contributed by atoms with Crippen LogP contribution in [0.25, 0.3) is 0 Å². The molecule has 0 bridgehead atoms. The lowest BCUT2D eigenvalue weighted by Crippen LogP contribution is -2.33. The van der Waals surface area contributed by atoms with Gasteiger partial charge in [-0.2, -0.15) is 0 Å². The summed E-state index contributed by atoms with van der Waals surface area (Å²) in [4.78, 5) is 14.3. The molecule has 0 aliphatic carbocycles. The summed E-state index contributed by atoms with van der Waals surface area (Å²) in [5, 5.41) is 0. The number of carbonyl (C=O) groups is 1. The molecule has 0 spiro atoms. The Labute approximate surface area is 110 Å². The van der Waals surface area contributed by atoms with Crippen LogP contribution in [0.2, 0.25) is 0 Å². The quantitative estimate of drug-likeness (QED) is 0.839. The van der Waals surface area contributed by atoms with Gasteiger partial charge in [0.2, 0.25) is 0 Å². The maximum absolute atomic E-state index is 12.4. The van der Waals surface area contributed by atoms with E-state index in [0.29, 0.717) is 17.4 Å². The van der Waals surface area contributed by atoms with Gasteiger partial charge in [-0.1, -0.05) is 15.9 Å². The first-order valence-corrected chi connectivity index (χ1v) is 6.57. The number of hydrogen-bond donors (Lipinski definition) is 0. The third-order valence-electron chi connectivity index (χ3n) is 3.21. The van der Waals surface area contributed by atoms with Gasteiger partial charge in [0.1, 0.15) is 5.75 Å². The summed E-state index contributed by atoms with van der Waals surface area (Å²) in [5.74, 6) is 0.697. The van der Waals surface area contributed by atoms with Crippen LogP contribution >= 0.6 is 15.9 Å². The minimum absolute atomic E-state index is 0.0688. The Morgan fingerprint density at radius 1 is 1.53 bits per heavy atom. The largest absolute Gasteiger partial charge is 0.496 e. The van der Waals surface area contributed by atoms with E-state index in [1.54, 1.807) is 7.11 Å². The number of amides is 1. The number of hydrogen-bond acceptors (Lipinski definition) is 2. The zero-order valence-corrected chi connectivity index (χ0v) is 11.7. The van der Waals surface area contributed by atoms with Crippen molar-refractivity contribution in [1.29, 1.82) is 0 Å². The van der Waals surface area contributed by atoms with Crippen molar-refractivity contribution in [2.24, 2.45) is 0 Å². The summed E-state index contributed by atoms with van der Waals surface area (Å²) >= 11 is 3.38. The van der Waals surface area contributed by atoms with Crippen molar-refractivity contribution in [3.05, 3.63) is 28.2 Å². The lowest BCUT2D eigenvalue weighted by atomic mass is 10.1. The maximum Gasteiger partial charge on any atom is 0.257 e. The topological polar surface area (TPSA) is 29.5 Å². The predicted octanol–water partition coefficient (Wildman–Crippen LogP) is 3.08. The van der Waals surface area contributed by atoms with Gasteiger partial charge in [0.05, 0.1) is 12.7 Å². The fraction of sp³-hybridized carbons (Fsp3) is 0.462. The van der Waals surface area contributed by atoms with Crippen LogP contribution in [0.3, 0.4) is 0 Å². The Hall–Kier alpha value is -1.03. The molecular weight excluding hydrogens is 282 g/mol. The molecular formula is C13H16BrNO2. The molecule has 1 amide bonds. The predicted molar refractivity (Wildman–Crippen MR) is 70.4 cm³/mol. The summed E-state index contributed by atoms with van der Waals surface area (Å²) in [6.07, 6.45) is 2.18. The van der Waals surface area contributed by atoms with E-state index >= 15 is 0 Å². The molecule has 0 saturated carbocycles. The van der Waals surface area contributed by atoms with Gasteiger partial charge in [0, 0.05) is 17.1 Å². The zero-order valence-electron chi connectivity index (χ0n) is 10.1. The standard InChI is InChI=1S/C13H16BrNO2/c1-9-4-3-7-15(9)13(16)11-6-5-10(14)8-12(11)17-2/h5-6,8-9H,3-4,7H2,1-2H3.